The molecule has 9 heteroatoms. The molecule has 6 nitrogen and oxygen atoms in total. The molecular weight excluding hydrogens is 448 g/mol. The van der Waals surface area contributed by atoms with Crippen LogP contribution in [-0.2, 0) is 11.3 Å². The van der Waals surface area contributed by atoms with Gasteiger partial charge in [0.15, 0.2) is 0 Å². The van der Waals surface area contributed by atoms with Gasteiger partial charge in [-0.25, -0.2) is 13.5 Å². The van der Waals surface area contributed by atoms with Crippen LogP contribution in [0.15, 0.2) is 70.4 Å². The van der Waals surface area contributed by atoms with Crippen LogP contribution in [0.25, 0.3) is 22.0 Å². The molecule has 0 saturated carbocycles. The van der Waals surface area contributed by atoms with Crippen molar-refractivity contribution in [2.45, 2.75) is 30.0 Å². The number of halogens is 2. The minimum atomic E-state index is -1.13. The summed E-state index contributed by atoms with van der Waals surface area (Å²) in [5.74, 6) is -2.09. The maximum absolute atomic E-state index is 14.7. The van der Waals surface area contributed by atoms with Gasteiger partial charge in [-0.15, -0.1) is 16.9 Å². The summed E-state index contributed by atoms with van der Waals surface area (Å²) in [7, 11) is 0. The van der Waals surface area contributed by atoms with Gasteiger partial charge >= 0.3 is 5.97 Å². The molecule has 1 aromatic heterocycles. The van der Waals surface area contributed by atoms with E-state index in [4.69, 9.17) is 0 Å². The second kappa shape index (κ2) is 9.50. The molecule has 4 aromatic rings. The van der Waals surface area contributed by atoms with Crippen LogP contribution in [0, 0.1) is 18.6 Å². The average Bonchev–Trinajstić information content (AvgIpc) is 2.79. The van der Waals surface area contributed by atoms with Gasteiger partial charge in [0.25, 0.3) is 5.56 Å². The third-order valence-electron chi connectivity index (χ3n) is 5.13. The van der Waals surface area contributed by atoms with Crippen molar-refractivity contribution in [3.63, 3.8) is 0 Å². The van der Waals surface area contributed by atoms with Gasteiger partial charge < -0.3 is 5.11 Å². The second-order valence-corrected chi connectivity index (χ2v) is 8.77. The molecule has 33 heavy (non-hydrogen) atoms. The zero-order chi connectivity index (χ0) is 23.5. The zero-order valence-electron chi connectivity index (χ0n) is 17.5. The SMILES string of the molecule is Cc1ccc2nnn(CCC(Sc3ccc(-c4ccc(F)cc4)cc3F)C(=O)O)c(=O)c2c1. The first-order chi connectivity index (χ1) is 15.8. The molecule has 0 aliphatic rings. The standard InChI is InChI=1S/C24H19F2N3O3S/c1-14-2-8-20-18(12-14)23(30)29(28-27-20)11-10-22(24(31)32)33-21-9-5-16(13-19(21)26)15-3-6-17(25)7-4-15/h2-9,12-13,22H,10-11H2,1H3,(H,31,32). The molecule has 3 aromatic carbocycles. The minimum Gasteiger partial charge on any atom is -0.480 e. The number of aliphatic carboxylic acids is 1. The van der Waals surface area contributed by atoms with Crippen molar-refractivity contribution in [2.75, 3.05) is 0 Å². The number of nitrogens with zero attached hydrogens (tertiary/aromatic N) is 3. The number of carboxylic acid groups (broad SMARTS) is 1. The average molecular weight is 467 g/mol. The van der Waals surface area contributed by atoms with Gasteiger partial charge in [0.1, 0.15) is 22.4 Å². The lowest BCUT2D eigenvalue weighted by atomic mass is 10.1. The number of carboxylic acids is 1. The van der Waals surface area contributed by atoms with E-state index >= 15 is 0 Å². The molecule has 1 heterocycles. The van der Waals surface area contributed by atoms with Gasteiger partial charge in [-0.1, -0.05) is 35.0 Å². The van der Waals surface area contributed by atoms with Crippen molar-refractivity contribution in [3.05, 3.63) is 88.2 Å². The first-order valence-corrected chi connectivity index (χ1v) is 11.0. The summed E-state index contributed by atoms with van der Waals surface area (Å²) in [6.07, 6.45) is 0.0467. The highest BCUT2D eigenvalue weighted by Gasteiger charge is 2.22. The van der Waals surface area contributed by atoms with Crippen LogP contribution in [0.2, 0.25) is 0 Å². The quantitative estimate of drug-likeness (QED) is 0.397. The maximum atomic E-state index is 14.7. The molecule has 0 bridgehead atoms. The molecule has 4 rings (SSSR count). The van der Waals surface area contributed by atoms with E-state index in [0.717, 1.165) is 22.0 Å². The molecule has 1 unspecified atom stereocenters. The summed E-state index contributed by atoms with van der Waals surface area (Å²) >= 11 is 0.863. The molecule has 1 atom stereocenters. The maximum Gasteiger partial charge on any atom is 0.317 e. The number of carbonyl (C=O) groups is 1. The number of rotatable bonds is 7. The van der Waals surface area contributed by atoms with Crippen molar-refractivity contribution in [1.82, 2.24) is 15.0 Å². The highest BCUT2D eigenvalue weighted by molar-refractivity contribution is 8.00. The first-order valence-electron chi connectivity index (χ1n) is 10.1. The molecule has 0 aliphatic carbocycles. The van der Waals surface area contributed by atoms with Crippen LogP contribution in [0.5, 0.6) is 0 Å². The fourth-order valence-corrected chi connectivity index (χ4v) is 4.33. The van der Waals surface area contributed by atoms with Crippen LogP contribution in [0.1, 0.15) is 12.0 Å². The van der Waals surface area contributed by atoms with E-state index in [-0.39, 0.29) is 29.2 Å². The Morgan fingerprint density at radius 1 is 1.06 bits per heavy atom. The highest BCUT2D eigenvalue weighted by atomic mass is 32.2. The van der Waals surface area contributed by atoms with E-state index in [0.29, 0.717) is 22.0 Å². The zero-order valence-corrected chi connectivity index (χ0v) is 18.4. The molecule has 0 amide bonds. The summed E-state index contributed by atoms with van der Waals surface area (Å²) in [5.41, 5.74) is 2.21. The Morgan fingerprint density at radius 3 is 2.48 bits per heavy atom. The molecule has 0 aliphatic heterocycles. The van der Waals surface area contributed by atoms with Crippen LogP contribution in [0.3, 0.4) is 0 Å². The van der Waals surface area contributed by atoms with Gasteiger partial charge in [-0.2, -0.15) is 0 Å². The van der Waals surface area contributed by atoms with Crippen molar-refractivity contribution in [2.24, 2.45) is 0 Å². The van der Waals surface area contributed by atoms with Crippen molar-refractivity contribution < 1.29 is 18.7 Å². The van der Waals surface area contributed by atoms with E-state index in [2.05, 4.69) is 10.3 Å². The van der Waals surface area contributed by atoms with E-state index in [1.54, 1.807) is 30.3 Å². The van der Waals surface area contributed by atoms with Gasteiger partial charge in [0.2, 0.25) is 0 Å². The number of thioether (sulfide) groups is 1. The molecule has 1 N–H and O–H groups in total. The highest BCUT2D eigenvalue weighted by Crippen LogP contribution is 2.31. The molecule has 168 valence electrons. The number of aromatic nitrogens is 3. The Morgan fingerprint density at radius 2 is 1.79 bits per heavy atom. The largest absolute Gasteiger partial charge is 0.480 e. The summed E-state index contributed by atoms with van der Waals surface area (Å²) in [5, 5.41) is 17.0. The lowest BCUT2D eigenvalue weighted by Gasteiger charge is -2.14. The number of hydrogen-bond acceptors (Lipinski definition) is 5. The van der Waals surface area contributed by atoms with Crippen molar-refractivity contribution >= 4 is 28.6 Å². The molecule has 0 saturated heterocycles. The summed E-state index contributed by atoms with van der Waals surface area (Å²) in [6, 6.07) is 15.3. The Bertz CT molecular complexity index is 1390. The van der Waals surface area contributed by atoms with Crippen LogP contribution in [-0.4, -0.2) is 31.3 Å². The summed E-state index contributed by atoms with van der Waals surface area (Å²) < 4.78 is 29.0. The van der Waals surface area contributed by atoms with Gasteiger partial charge in [0, 0.05) is 11.4 Å². The normalized spacial score (nSPS) is 12.1. The Balaban J connectivity index is 1.51. The molecule has 0 spiro atoms. The third kappa shape index (κ3) is 5.09. The Hall–Kier alpha value is -3.59. The lowest BCUT2D eigenvalue weighted by molar-refractivity contribution is -0.136. The van der Waals surface area contributed by atoms with E-state index in [1.165, 1.54) is 24.3 Å². The van der Waals surface area contributed by atoms with Crippen LogP contribution >= 0.6 is 11.8 Å². The number of benzene rings is 3. The third-order valence-corrected chi connectivity index (χ3v) is 6.44. The fraction of sp³-hybridized carbons (Fsp3) is 0.167. The minimum absolute atomic E-state index is 0.0228. The van der Waals surface area contributed by atoms with Crippen molar-refractivity contribution in [3.8, 4) is 11.1 Å². The predicted octanol–water partition coefficient (Wildman–Crippen LogP) is 4.68. The summed E-state index contributed by atoms with van der Waals surface area (Å²) in [6.45, 7) is 1.88. The van der Waals surface area contributed by atoms with E-state index in [1.807, 2.05) is 13.0 Å². The smallest absolute Gasteiger partial charge is 0.317 e. The number of aryl methyl sites for hydroxylation is 2. The first kappa shape index (κ1) is 22.6. The predicted molar refractivity (Wildman–Crippen MR) is 122 cm³/mol. The molecular formula is C24H19F2N3O3S. The number of hydrogen-bond donors (Lipinski definition) is 1. The van der Waals surface area contributed by atoms with Gasteiger partial charge in [0.05, 0.1) is 5.39 Å². The van der Waals surface area contributed by atoms with E-state index < -0.39 is 17.0 Å². The Kier molecular flexibility index (Phi) is 6.50. The van der Waals surface area contributed by atoms with E-state index in [9.17, 15) is 23.5 Å². The van der Waals surface area contributed by atoms with Gasteiger partial charge in [-0.3, -0.25) is 9.59 Å². The second-order valence-electron chi connectivity index (χ2n) is 7.52. The number of fused-ring (bicyclic) bond motifs is 1. The van der Waals surface area contributed by atoms with Crippen LogP contribution in [0.4, 0.5) is 8.78 Å². The molecule has 0 fully saturated rings. The monoisotopic (exact) mass is 467 g/mol. The Labute approximate surface area is 191 Å². The lowest BCUT2D eigenvalue weighted by Crippen LogP contribution is -2.27. The van der Waals surface area contributed by atoms with Gasteiger partial charge in [-0.05, 0) is 60.9 Å². The summed E-state index contributed by atoms with van der Waals surface area (Å²) in [4.78, 5) is 24.7. The van der Waals surface area contributed by atoms with Crippen molar-refractivity contribution in [1.29, 1.82) is 0 Å². The molecule has 0 radical (unpaired) electrons. The van der Waals surface area contributed by atoms with Crippen LogP contribution < -0.4 is 5.56 Å². The fourth-order valence-electron chi connectivity index (χ4n) is 3.38. The topological polar surface area (TPSA) is 85.1 Å².